The lowest BCUT2D eigenvalue weighted by Crippen LogP contribution is -2.61. The van der Waals surface area contributed by atoms with Crippen LogP contribution < -0.4 is 0 Å². The first kappa shape index (κ1) is 28.9. The van der Waals surface area contributed by atoms with Crippen LogP contribution in [-0.2, 0) is 28.6 Å². The predicted octanol–water partition coefficient (Wildman–Crippen LogP) is 2.05. The van der Waals surface area contributed by atoms with E-state index in [0.29, 0.717) is 23.7 Å². The van der Waals surface area contributed by atoms with Gasteiger partial charge in [-0.3, -0.25) is 9.59 Å². The molecular formula is C29H44O10. The fraction of sp³-hybridized carbons (Fsp3) is 0.897. The third-order valence-corrected chi connectivity index (χ3v) is 11.6. The van der Waals surface area contributed by atoms with E-state index in [4.69, 9.17) is 14.2 Å². The number of esters is 1. The number of rotatable bonds is 6. The van der Waals surface area contributed by atoms with Crippen molar-refractivity contribution >= 4 is 17.7 Å². The Hall–Kier alpha value is -1.59. The first-order chi connectivity index (χ1) is 18.4. The van der Waals surface area contributed by atoms with E-state index in [-0.39, 0.29) is 35.2 Å². The van der Waals surface area contributed by atoms with Crippen molar-refractivity contribution in [3.05, 3.63) is 0 Å². The van der Waals surface area contributed by atoms with Crippen molar-refractivity contribution in [1.29, 1.82) is 0 Å². The molecule has 4 aliphatic carbocycles. The highest BCUT2D eigenvalue weighted by Crippen LogP contribution is 2.67. The summed E-state index contributed by atoms with van der Waals surface area (Å²) in [5, 5.41) is 39.9. The quantitative estimate of drug-likeness (QED) is 0.284. The van der Waals surface area contributed by atoms with Gasteiger partial charge < -0.3 is 34.6 Å². The lowest BCUT2D eigenvalue weighted by molar-refractivity contribution is -0.309. The number of hydrogen-bond donors (Lipinski definition) is 4. The maximum Gasteiger partial charge on any atom is 0.335 e. The fourth-order valence-electron chi connectivity index (χ4n) is 9.50. The van der Waals surface area contributed by atoms with Gasteiger partial charge >= 0.3 is 11.9 Å². The molecule has 4 N–H and O–H groups in total. The molecule has 1 aliphatic heterocycles. The number of hydrogen-bond acceptors (Lipinski definition) is 9. The van der Waals surface area contributed by atoms with Crippen LogP contribution in [0.2, 0.25) is 0 Å². The Bertz CT molecular complexity index is 970. The second-order valence-corrected chi connectivity index (χ2v) is 13.3. The summed E-state index contributed by atoms with van der Waals surface area (Å²) in [6.07, 6.45) is 0.424. The summed E-state index contributed by atoms with van der Waals surface area (Å²) in [5.41, 5.74) is 0.0811. The number of aliphatic carboxylic acids is 1. The zero-order chi connectivity index (χ0) is 28.3. The second kappa shape index (κ2) is 10.7. The van der Waals surface area contributed by atoms with E-state index in [2.05, 4.69) is 13.8 Å². The maximum atomic E-state index is 13.0. The van der Waals surface area contributed by atoms with Crippen LogP contribution in [0.25, 0.3) is 0 Å². The lowest BCUT2D eigenvalue weighted by Gasteiger charge is -2.61. The van der Waals surface area contributed by atoms with Crippen LogP contribution in [-0.4, -0.2) is 81.6 Å². The van der Waals surface area contributed by atoms with Gasteiger partial charge in [-0.2, -0.15) is 0 Å². The molecule has 0 bridgehead atoms. The maximum absolute atomic E-state index is 13.0. The molecule has 10 heteroatoms. The Labute approximate surface area is 229 Å². The van der Waals surface area contributed by atoms with E-state index in [1.165, 1.54) is 6.92 Å². The largest absolute Gasteiger partial charge is 0.479 e. The van der Waals surface area contributed by atoms with Gasteiger partial charge in [0.2, 0.25) is 0 Å². The number of carboxylic acid groups (broad SMARTS) is 1. The molecule has 1 unspecified atom stereocenters. The van der Waals surface area contributed by atoms with E-state index in [9.17, 15) is 34.8 Å². The minimum atomic E-state index is -1.73. The van der Waals surface area contributed by atoms with Crippen molar-refractivity contribution < 1.29 is 49.0 Å². The molecule has 39 heavy (non-hydrogen) atoms. The zero-order valence-electron chi connectivity index (χ0n) is 23.2. The Balaban J connectivity index is 1.24. The van der Waals surface area contributed by atoms with Crippen molar-refractivity contribution in [3.8, 4) is 0 Å². The molecule has 0 spiro atoms. The summed E-state index contributed by atoms with van der Waals surface area (Å²) >= 11 is 0. The topological polar surface area (TPSA) is 160 Å². The van der Waals surface area contributed by atoms with Gasteiger partial charge in [0, 0.05) is 12.8 Å². The van der Waals surface area contributed by atoms with Gasteiger partial charge in [-0.15, -0.1) is 0 Å². The van der Waals surface area contributed by atoms with Crippen LogP contribution in [0.3, 0.4) is 0 Å². The summed E-state index contributed by atoms with van der Waals surface area (Å²) in [6.45, 7) is 5.89. The monoisotopic (exact) mass is 552 g/mol. The Kier molecular flexibility index (Phi) is 7.91. The Morgan fingerprint density at radius 1 is 0.872 bits per heavy atom. The van der Waals surface area contributed by atoms with E-state index in [0.717, 1.165) is 57.8 Å². The molecule has 0 aromatic heterocycles. The smallest absolute Gasteiger partial charge is 0.335 e. The molecule has 220 valence electrons. The van der Waals surface area contributed by atoms with Crippen LogP contribution in [0, 0.1) is 40.4 Å². The number of Topliss-reactive ketones (excluding diaryl/α,β-unsaturated/α-hetero) is 1. The molecule has 10 nitrogen and oxygen atoms in total. The first-order valence-corrected chi connectivity index (χ1v) is 14.6. The van der Waals surface area contributed by atoms with Crippen LogP contribution in [0.5, 0.6) is 0 Å². The lowest BCUT2D eigenvalue weighted by atomic mass is 9.44. The highest BCUT2D eigenvalue weighted by molar-refractivity contribution is 5.85. The number of carbonyl (C=O) groups excluding carboxylic acids is 2. The van der Waals surface area contributed by atoms with Crippen LogP contribution >= 0.6 is 0 Å². The summed E-state index contributed by atoms with van der Waals surface area (Å²) in [6, 6.07) is 0. The van der Waals surface area contributed by atoms with Crippen molar-refractivity contribution in [2.24, 2.45) is 40.4 Å². The van der Waals surface area contributed by atoms with Crippen molar-refractivity contribution in [2.45, 2.75) is 115 Å². The summed E-state index contributed by atoms with van der Waals surface area (Å²) in [7, 11) is 0. The second-order valence-electron chi connectivity index (χ2n) is 13.3. The molecule has 0 radical (unpaired) electrons. The van der Waals surface area contributed by atoms with Gasteiger partial charge in [0.15, 0.2) is 18.2 Å². The summed E-state index contributed by atoms with van der Waals surface area (Å²) in [4.78, 5) is 35.7. The van der Waals surface area contributed by atoms with Crippen molar-refractivity contribution in [3.63, 3.8) is 0 Å². The Morgan fingerprint density at radius 3 is 2.26 bits per heavy atom. The van der Waals surface area contributed by atoms with Gasteiger partial charge in [0.1, 0.15) is 24.9 Å². The van der Waals surface area contributed by atoms with Crippen LogP contribution in [0.1, 0.15) is 78.6 Å². The molecule has 4 saturated carbocycles. The van der Waals surface area contributed by atoms with Gasteiger partial charge in [-0.1, -0.05) is 13.8 Å². The minimum absolute atomic E-state index is 0.0529. The molecule has 1 saturated heterocycles. The number of aliphatic hydroxyl groups is 3. The minimum Gasteiger partial charge on any atom is -0.479 e. The fourth-order valence-corrected chi connectivity index (χ4v) is 9.50. The van der Waals surface area contributed by atoms with Gasteiger partial charge in [-0.05, 0) is 92.3 Å². The average molecular weight is 553 g/mol. The molecular weight excluding hydrogens is 508 g/mol. The van der Waals surface area contributed by atoms with Crippen LogP contribution in [0.15, 0.2) is 0 Å². The van der Waals surface area contributed by atoms with Crippen molar-refractivity contribution in [2.75, 3.05) is 6.61 Å². The number of aliphatic hydroxyl groups excluding tert-OH is 3. The molecule has 0 amide bonds. The SMILES string of the molecule is CC(=O)OCC(=O)[C@H]1CC[C@H]2[C@@H]3CC[C@@H]4C[C@@H](OC5O[C@H](C(=O)O)[C@@H](O)[C@@H](O)[C@H]5O)CC[C@]4(C)[C@H]3CC[C@]12C. The number of carbonyl (C=O) groups is 3. The van der Waals surface area contributed by atoms with E-state index >= 15 is 0 Å². The molecule has 0 aromatic rings. The third-order valence-electron chi connectivity index (χ3n) is 11.6. The zero-order valence-corrected chi connectivity index (χ0v) is 23.2. The van der Waals surface area contributed by atoms with Crippen LogP contribution in [0.4, 0.5) is 0 Å². The molecule has 0 aromatic carbocycles. The number of fused-ring (bicyclic) bond motifs is 5. The standard InChI is InChI=1S/C29H44O10/c1-14(30)37-13-21(31)20-7-6-18-17-5-4-15-12-16(8-10-28(15,2)19(17)9-11-29(18,20)3)38-27-24(34)22(32)23(33)25(39-27)26(35)36/h15-20,22-25,27,32-34H,4-13H2,1-3H3,(H,35,36)/t15-,16+,17+,18+,19+,20-,22-,23+,24-,25+,27?,28+,29+/m1/s1. The van der Waals surface area contributed by atoms with Crippen molar-refractivity contribution in [1.82, 2.24) is 0 Å². The first-order valence-electron chi connectivity index (χ1n) is 14.6. The van der Waals surface area contributed by atoms with E-state index < -0.39 is 42.6 Å². The Morgan fingerprint density at radius 2 is 1.56 bits per heavy atom. The molecule has 1 heterocycles. The molecule has 5 aliphatic rings. The number of carboxylic acids is 1. The average Bonchev–Trinajstić information content (AvgIpc) is 3.24. The predicted molar refractivity (Wildman–Crippen MR) is 136 cm³/mol. The molecule has 5 rings (SSSR count). The summed E-state index contributed by atoms with van der Waals surface area (Å²) < 4.78 is 16.5. The van der Waals surface area contributed by atoms with E-state index in [1.807, 2.05) is 0 Å². The highest BCUT2D eigenvalue weighted by atomic mass is 16.7. The van der Waals surface area contributed by atoms with Gasteiger partial charge in [-0.25, -0.2) is 4.79 Å². The van der Waals surface area contributed by atoms with E-state index in [1.54, 1.807) is 0 Å². The highest BCUT2D eigenvalue weighted by Gasteiger charge is 2.61. The molecule has 5 fully saturated rings. The number of ketones is 1. The third kappa shape index (κ3) is 4.94. The number of ether oxygens (including phenoxy) is 3. The molecule has 13 atom stereocenters. The normalized spacial score (nSPS) is 49.3. The summed E-state index contributed by atoms with van der Waals surface area (Å²) in [5.74, 6) is 0.190. The van der Waals surface area contributed by atoms with Gasteiger partial charge in [0.25, 0.3) is 0 Å². The van der Waals surface area contributed by atoms with Gasteiger partial charge in [0.05, 0.1) is 6.10 Å².